The molecule has 0 amide bonds. The maximum absolute atomic E-state index is 4.57. The molecule has 21 heavy (non-hydrogen) atoms. The van der Waals surface area contributed by atoms with Gasteiger partial charge in [-0.15, -0.1) is 0 Å². The van der Waals surface area contributed by atoms with Gasteiger partial charge in [0, 0.05) is 37.5 Å². The summed E-state index contributed by atoms with van der Waals surface area (Å²) in [6, 6.07) is 3.89. The number of anilines is 2. The highest BCUT2D eigenvalue weighted by atomic mass is 15.3. The quantitative estimate of drug-likeness (QED) is 0.781. The summed E-state index contributed by atoms with van der Waals surface area (Å²) in [7, 11) is 0. The lowest BCUT2D eigenvalue weighted by molar-refractivity contribution is 0.636. The SMILES string of the molecule is CCCNc1cc(NCCn2cccn2)nc(C(C)C)n1. The summed E-state index contributed by atoms with van der Waals surface area (Å²) in [5.41, 5.74) is 0. The molecule has 2 rings (SSSR count). The van der Waals surface area contributed by atoms with E-state index in [2.05, 4.69) is 46.5 Å². The van der Waals surface area contributed by atoms with Crippen molar-refractivity contribution in [1.82, 2.24) is 19.7 Å². The van der Waals surface area contributed by atoms with Crippen LogP contribution in [-0.4, -0.2) is 32.8 Å². The first-order chi connectivity index (χ1) is 10.2. The predicted molar refractivity (Wildman–Crippen MR) is 85.6 cm³/mol. The number of rotatable bonds is 8. The zero-order valence-electron chi connectivity index (χ0n) is 13.0. The normalized spacial score (nSPS) is 10.9. The van der Waals surface area contributed by atoms with E-state index in [9.17, 15) is 0 Å². The van der Waals surface area contributed by atoms with Crippen molar-refractivity contribution in [3.63, 3.8) is 0 Å². The van der Waals surface area contributed by atoms with Crippen molar-refractivity contribution in [3.8, 4) is 0 Å². The third-order valence-electron chi connectivity index (χ3n) is 3.02. The van der Waals surface area contributed by atoms with E-state index in [0.717, 1.165) is 43.5 Å². The van der Waals surface area contributed by atoms with Crippen LogP contribution in [0.4, 0.5) is 11.6 Å². The number of nitrogens with zero attached hydrogens (tertiary/aromatic N) is 4. The van der Waals surface area contributed by atoms with Crippen molar-refractivity contribution >= 4 is 11.6 Å². The van der Waals surface area contributed by atoms with Crippen molar-refractivity contribution in [3.05, 3.63) is 30.4 Å². The fourth-order valence-electron chi connectivity index (χ4n) is 1.89. The summed E-state index contributed by atoms with van der Waals surface area (Å²) in [5, 5.41) is 10.9. The second kappa shape index (κ2) is 7.61. The average Bonchev–Trinajstić information content (AvgIpc) is 2.98. The molecule has 6 nitrogen and oxygen atoms in total. The average molecular weight is 288 g/mol. The number of hydrogen-bond acceptors (Lipinski definition) is 5. The summed E-state index contributed by atoms with van der Waals surface area (Å²) < 4.78 is 1.90. The highest BCUT2D eigenvalue weighted by Gasteiger charge is 2.07. The van der Waals surface area contributed by atoms with Crippen molar-refractivity contribution in [2.45, 2.75) is 39.7 Å². The molecule has 2 heterocycles. The molecule has 0 saturated heterocycles. The number of aromatic nitrogens is 4. The molecule has 0 radical (unpaired) electrons. The van der Waals surface area contributed by atoms with Gasteiger partial charge < -0.3 is 10.6 Å². The minimum Gasteiger partial charge on any atom is -0.370 e. The maximum Gasteiger partial charge on any atom is 0.135 e. The van der Waals surface area contributed by atoms with E-state index in [4.69, 9.17) is 0 Å². The van der Waals surface area contributed by atoms with Gasteiger partial charge >= 0.3 is 0 Å². The second-order valence-corrected chi connectivity index (χ2v) is 5.27. The molecular formula is C15H24N6. The molecule has 2 aromatic heterocycles. The van der Waals surface area contributed by atoms with Crippen LogP contribution in [0, 0.1) is 0 Å². The van der Waals surface area contributed by atoms with Gasteiger partial charge in [0.15, 0.2) is 0 Å². The molecule has 0 atom stereocenters. The first-order valence-corrected chi connectivity index (χ1v) is 7.53. The standard InChI is InChI=1S/C15H24N6/c1-4-6-16-13-11-14(20-15(19-13)12(2)3)17-8-10-21-9-5-7-18-21/h5,7,9,11-12H,4,6,8,10H2,1-3H3,(H2,16,17,19,20). The molecule has 0 saturated carbocycles. The Kier molecular flexibility index (Phi) is 5.54. The fourth-order valence-corrected chi connectivity index (χ4v) is 1.89. The second-order valence-electron chi connectivity index (χ2n) is 5.27. The van der Waals surface area contributed by atoms with E-state index in [1.165, 1.54) is 0 Å². The fraction of sp³-hybridized carbons (Fsp3) is 0.533. The highest BCUT2D eigenvalue weighted by molar-refractivity contribution is 5.47. The van der Waals surface area contributed by atoms with Gasteiger partial charge in [-0.2, -0.15) is 5.10 Å². The van der Waals surface area contributed by atoms with Gasteiger partial charge in [0.25, 0.3) is 0 Å². The van der Waals surface area contributed by atoms with Crippen LogP contribution in [-0.2, 0) is 6.54 Å². The van der Waals surface area contributed by atoms with Crippen LogP contribution in [0.3, 0.4) is 0 Å². The molecule has 0 aliphatic heterocycles. The van der Waals surface area contributed by atoms with Gasteiger partial charge in [-0.25, -0.2) is 9.97 Å². The summed E-state index contributed by atoms with van der Waals surface area (Å²) in [4.78, 5) is 9.12. The topological polar surface area (TPSA) is 67.7 Å². The molecule has 0 spiro atoms. The molecule has 114 valence electrons. The van der Waals surface area contributed by atoms with Crippen LogP contribution >= 0.6 is 0 Å². The Morgan fingerprint density at radius 3 is 2.43 bits per heavy atom. The Bertz CT molecular complexity index is 535. The van der Waals surface area contributed by atoms with Gasteiger partial charge in [-0.1, -0.05) is 20.8 Å². The minimum absolute atomic E-state index is 0.306. The van der Waals surface area contributed by atoms with Gasteiger partial charge in [0.05, 0.1) is 6.54 Å². The van der Waals surface area contributed by atoms with Crippen LogP contribution in [0.2, 0.25) is 0 Å². The van der Waals surface area contributed by atoms with Crippen LogP contribution in [0.15, 0.2) is 24.5 Å². The molecule has 0 unspecified atom stereocenters. The first-order valence-electron chi connectivity index (χ1n) is 7.53. The Morgan fingerprint density at radius 2 is 1.86 bits per heavy atom. The summed E-state index contributed by atoms with van der Waals surface area (Å²) in [5.74, 6) is 2.91. The van der Waals surface area contributed by atoms with E-state index in [1.54, 1.807) is 6.20 Å². The van der Waals surface area contributed by atoms with E-state index in [-0.39, 0.29) is 0 Å². The van der Waals surface area contributed by atoms with Crippen LogP contribution in [0.5, 0.6) is 0 Å². The Hall–Kier alpha value is -2.11. The number of nitrogens with one attached hydrogen (secondary N) is 2. The minimum atomic E-state index is 0.306. The van der Waals surface area contributed by atoms with Crippen molar-refractivity contribution in [2.24, 2.45) is 0 Å². The molecule has 0 aromatic carbocycles. The first kappa shape index (κ1) is 15.3. The Morgan fingerprint density at radius 1 is 1.14 bits per heavy atom. The van der Waals surface area contributed by atoms with Gasteiger partial charge in [0.1, 0.15) is 17.5 Å². The molecule has 0 bridgehead atoms. The Balaban J connectivity index is 2.00. The Labute approximate surface area is 126 Å². The molecule has 2 aromatic rings. The molecule has 0 aliphatic rings. The summed E-state index contributed by atoms with van der Waals surface area (Å²) >= 11 is 0. The van der Waals surface area contributed by atoms with Crippen molar-refractivity contribution < 1.29 is 0 Å². The maximum atomic E-state index is 4.57. The number of hydrogen-bond donors (Lipinski definition) is 2. The van der Waals surface area contributed by atoms with Crippen molar-refractivity contribution in [1.29, 1.82) is 0 Å². The smallest absolute Gasteiger partial charge is 0.135 e. The third kappa shape index (κ3) is 4.73. The van der Waals surface area contributed by atoms with Crippen molar-refractivity contribution in [2.75, 3.05) is 23.7 Å². The molecule has 0 fully saturated rings. The van der Waals surface area contributed by atoms with Gasteiger partial charge in [-0.05, 0) is 12.5 Å². The zero-order valence-corrected chi connectivity index (χ0v) is 13.0. The van der Waals surface area contributed by atoms with Gasteiger partial charge in [-0.3, -0.25) is 4.68 Å². The lowest BCUT2D eigenvalue weighted by atomic mass is 10.2. The zero-order chi connectivity index (χ0) is 15.1. The van der Waals surface area contributed by atoms with Crippen LogP contribution in [0.1, 0.15) is 38.9 Å². The lowest BCUT2D eigenvalue weighted by Crippen LogP contribution is -2.14. The van der Waals surface area contributed by atoms with Crippen LogP contribution < -0.4 is 10.6 Å². The highest BCUT2D eigenvalue weighted by Crippen LogP contribution is 2.16. The van der Waals surface area contributed by atoms with E-state index >= 15 is 0 Å². The monoisotopic (exact) mass is 288 g/mol. The summed E-state index contributed by atoms with van der Waals surface area (Å²) in [6.07, 6.45) is 4.81. The molecule has 0 aliphatic carbocycles. The van der Waals surface area contributed by atoms with E-state index < -0.39 is 0 Å². The summed E-state index contributed by atoms with van der Waals surface area (Å²) in [6.45, 7) is 8.86. The van der Waals surface area contributed by atoms with Crippen LogP contribution in [0.25, 0.3) is 0 Å². The molecular weight excluding hydrogens is 264 g/mol. The van der Waals surface area contributed by atoms with E-state index in [1.807, 2.05) is 23.0 Å². The lowest BCUT2D eigenvalue weighted by Gasteiger charge is -2.12. The predicted octanol–water partition coefficient (Wildman–Crippen LogP) is 2.73. The van der Waals surface area contributed by atoms with Gasteiger partial charge in [0.2, 0.25) is 0 Å². The molecule has 6 heteroatoms. The van der Waals surface area contributed by atoms with E-state index in [0.29, 0.717) is 5.92 Å². The largest absolute Gasteiger partial charge is 0.370 e. The molecule has 2 N–H and O–H groups in total. The third-order valence-corrected chi connectivity index (χ3v) is 3.02.